The zero-order valence-electron chi connectivity index (χ0n) is 11.4. The number of hydrogen-bond acceptors (Lipinski definition) is 4. The number of urea groups is 1. The van der Waals surface area contributed by atoms with Crippen molar-refractivity contribution in [1.29, 1.82) is 0 Å². The summed E-state index contributed by atoms with van der Waals surface area (Å²) in [7, 11) is 1.70. The molecule has 6 nitrogen and oxygen atoms in total. The van der Waals surface area contributed by atoms with Crippen LogP contribution in [0.2, 0.25) is 0 Å². The minimum absolute atomic E-state index is 0.0982. The van der Waals surface area contributed by atoms with Crippen molar-refractivity contribution < 1.29 is 9.53 Å². The number of hydrogen-bond donors (Lipinski definition) is 1. The molecule has 0 spiro atoms. The van der Waals surface area contributed by atoms with Crippen LogP contribution in [0, 0.1) is 12.8 Å². The van der Waals surface area contributed by atoms with Gasteiger partial charge in [-0.15, -0.1) is 0 Å². The summed E-state index contributed by atoms with van der Waals surface area (Å²) in [6, 6.07) is 1.60. The molecular formula is C13H20N4O2. The molecule has 1 atom stereocenters. The summed E-state index contributed by atoms with van der Waals surface area (Å²) in [5, 5.41) is 2.81. The molecule has 0 aliphatic carbocycles. The fourth-order valence-corrected chi connectivity index (χ4v) is 2.34. The van der Waals surface area contributed by atoms with Crippen LogP contribution in [0.25, 0.3) is 0 Å². The number of nitrogens with zero attached hydrogens (tertiary/aromatic N) is 3. The minimum Gasteiger partial charge on any atom is -0.384 e. The largest absolute Gasteiger partial charge is 0.384 e. The van der Waals surface area contributed by atoms with Crippen LogP contribution in [-0.4, -0.2) is 47.7 Å². The quantitative estimate of drug-likeness (QED) is 0.902. The lowest BCUT2D eigenvalue weighted by molar-refractivity contribution is 0.104. The molecule has 104 valence electrons. The number of amides is 2. The Morgan fingerprint density at radius 1 is 1.63 bits per heavy atom. The van der Waals surface area contributed by atoms with E-state index in [1.807, 2.05) is 4.90 Å². The molecule has 1 saturated heterocycles. The van der Waals surface area contributed by atoms with E-state index in [9.17, 15) is 4.79 Å². The van der Waals surface area contributed by atoms with Crippen molar-refractivity contribution in [2.75, 3.05) is 32.1 Å². The Morgan fingerprint density at radius 2 is 2.47 bits per heavy atom. The maximum Gasteiger partial charge on any atom is 0.323 e. The molecule has 1 fully saturated rings. The van der Waals surface area contributed by atoms with E-state index < -0.39 is 0 Å². The number of carbonyl (C=O) groups excluding carboxylic acids is 1. The zero-order valence-corrected chi connectivity index (χ0v) is 11.4. The molecule has 0 bridgehead atoms. The Labute approximate surface area is 113 Å². The van der Waals surface area contributed by atoms with Gasteiger partial charge in [0.1, 0.15) is 11.6 Å². The van der Waals surface area contributed by atoms with E-state index in [4.69, 9.17) is 4.74 Å². The molecule has 1 aromatic rings. The van der Waals surface area contributed by atoms with Crippen molar-refractivity contribution in [3.63, 3.8) is 0 Å². The third kappa shape index (κ3) is 3.89. The van der Waals surface area contributed by atoms with Crippen molar-refractivity contribution in [3.05, 3.63) is 18.1 Å². The van der Waals surface area contributed by atoms with Crippen molar-refractivity contribution in [2.45, 2.75) is 19.8 Å². The maximum absolute atomic E-state index is 12.1. The number of aromatic nitrogens is 2. The second-order valence-corrected chi connectivity index (χ2v) is 4.83. The van der Waals surface area contributed by atoms with Gasteiger partial charge in [0.2, 0.25) is 0 Å². The summed E-state index contributed by atoms with van der Waals surface area (Å²) in [6.45, 7) is 4.03. The predicted molar refractivity (Wildman–Crippen MR) is 72.0 cm³/mol. The zero-order chi connectivity index (χ0) is 13.7. The summed E-state index contributed by atoms with van der Waals surface area (Å²) >= 11 is 0. The molecule has 2 amide bonds. The molecule has 0 radical (unpaired) electrons. The van der Waals surface area contributed by atoms with E-state index in [2.05, 4.69) is 15.3 Å². The Hall–Kier alpha value is -1.69. The first kappa shape index (κ1) is 13.7. The lowest BCUT2D eigenvalue weighted by atomic mass is 9.99. The molecule has 1 aliphatic heterocycles. The van der Waals surface area contributed by atoms with Gasteiger partial charge in [-0.2, -0.15) is 0 Å². The van der Waals surface area contributed by atoms with E-state index in [1.165, 1.54) is 0 Å². The third-order valence-corrected chi connectivity index (χ3v) is 3.22. The lowest BCUT2D eigenvalue weighted by Crippen LogP contribution is -2.43. The maximum atomic E-state index is 12.1. The predicted octanol–water partition coefficient (Wildman–Crippen LogP) is 1.68. The number of carbonyl (C=O) groups is 1. The van der Waals surface area contributed by atoms with E-state index >= 15 is 0 Å². The minimum atomic E-state index is -0.0982. The Morgan fingerprint density at radius 3 is 3.21 bits per heavy atom. The Kier molecular flexibility index (Phi) is 4.68. The van der Waals surface area contributed by atoms with Gasteiger partial charge in [-0.1, -0.05) is 0 Å². The highest BCUT2D eigenvalue weighted by Crippen LogP contribution is 2.17. The van der Waals surface area contributed by atoms with Crippen LogP contribution in [0.4, 0.5) is 10.6 Å². The van der Waals surface area contributed by atoms with Crippen molar-refractivity contribution >= 4 is 11.8 Å². The monoisotopic (exact) mass is 264 g/mol. The van der Waals surface area contributed by atoms with Crippen LogP contribution < -0.4 is 5.32 Å². The first-order valence-electron chi connectivity index (χ1n) is 6.53. The molecule has 1 unspecified atom stereocenters. The average molecular weight is 264 g/mol. The number of anilines is 1. The Balaban J connectivity index is 1.92. The molecule has 1 aromatic heterocycles. The summed E-state index contributed by atoms with van der Waals surface area (Å²) < 4.78 is 5.16. The fourth-order valence-electron chi connectivity index (χ4n) is 2.34. The molecule has 0 aromatic carbocycles. The van der Waals surface area contributed by atoms with E-state index in [1.54, 1.807) is 26.3 Å². The van der Waals surface area contributed by atoms with Gasteiger partial charge in [0.15, 0.2) is 0 Å². The topological polar surface area (TPSA) is 67.3 Å². The molecule has 0 saturated carbocycles. The first-order chi connectivity index (χ1) is 9.19. The van der Waals surface area contributed by atoms with E-state index in [0.29, 0.717) is 24.2 Å². The fraction of sp³-hybridized carbons (Fsp3) is 0.615. The number of aryl methyl sites for hydroxylation is 1. The van der Waals surface area contributed by atoms with Crippen LogP contribution in [0.15, 0.2) is 12.3 Å². The van der Waals surface area contributed by atoms with Crippen LogP contribution >= 0.6 is 0 Å². The molecule has 2 heterocycles. The van der Waals surface area contributed by atoms with Gasteiger partial charge in [-0.3, -0.25) is 5.32 Å². The van der Waals surface area contributed by atoms with Gasteiger partial charge in [0.25, 0.3) is 0 Å². The van der Waals surface area contributed by atoms with Crippen LogP contribution in [0.1, 0.15) is 18.7 Å². The van der Waals surface area contributed by atoms with Gasteiger partial charge in [0, 0.05) is 32.3 Å². The van der Waals surface area contributed by atoms with Crippen molar-refractivity contribution in [1.82, 2.24) is 14.9 Å². The van der Waals surface area contributed by atoms with Gasteiger partial charge < -0.3 is 9.64 Å². The van der Waals surface area contributed by atoms with Gasteiger partial charge in [-0.05, 0) is 25.8 Å². The average Bonchev–Trinajstić information content (AvgIpc) is 2.39. The summed E-state index contributed by atoms with van der Waals surface area (Å²) in [5.74, 6) is 1.62. The second kappa shape index (κ2) is 6.47. The van der Waals surface area contributed by atoms with Gasteiger partial charge in [-0.25, -0.2) is 14.8 Å². The number of likely N-dealkylation sites (tertiary alicyclic amines) is 1. The standard InChI is InChI=1S/C13H20N4O2/c1-10-14-6-5-12(15-10)16-13(18)17-7-3-4-11(8-17)9-19-2/h5-6,11H,3-4,7-9H2,1-2H3,(H,14,15,16,18). The number of ether oxygens (including phenoxy) is 1. The van der Waals surface area contributed by atoms with Crippen molar-refractivity contribution in [3.8, 4) is 0 Å². The summed E-state index contributed by atoms with van der Waals surface area (Å²) in [4.78, 5) is 22.1. The van der Waals surface area contributed by atoms with Crippen LogP contribution in [0.3, 0.4) is 0 Å². The lowest BCUT2D eigenvalue weighted by Gasteiger charge is -2.32. The SMILES string of the molecule is COCC1CCCN(C(=O)Nc2ccnc(C)n2)C1. The first-order valence-corrected chi connectivity index (χ1v) is 6.53. The number of nitrogens with one attached hydrogen (secondary N) is 1. The highest BCUT2D eigenvalue weighted by atomic mass is 16.5. The van der Waals surface area contributed by atoms with Crippen LogP contribution in [-0.2, 0) is 4.74 Å². The molecule has 1 N–H and O–H groups in total. The second-order valence-electron chi connectivity index (χ2n) is 4.83. The summed E-state index contributed by atoms with van der Waals surface area (Å²) in [6.07, 6.45) is 3.77. The van der Waals surface area contributed by atoms with Gasteiger partial charge in [0.05, 0.1) is 6.61 Å². The third-order valence-electron chi connectivity index (χ3n) is 3.22. The molecule has 2 rings (SSSR count). The highest BCUT2D eigenvalue weighted by molar-refractivity contribution is 5.88. The van der Waals surface area contributed by atoms with E-state index in [-0.39, 0.29) is 6.03 Å². The number of rotatable bonds is 3. The molecular weight excluding hydrogens is 244 g/mol. The van der Waals surface area contributed by atoms with E-state index in [0.717, 1.165) is 25.9 Å². The Bertz CT molecular complexity index is 436. The smallest absolute Gasteiger partial charge is 0.323 e. The highest BCUT2D eigenvalue weighted by Gasteiger charge is 2.23. The normalized spacial score (nSPS) is 19.3. The van der Waals surface area contributed by atoms with Crippen LogP contribution in [0.5, 0.6) is 0 Å². The summed E-state index contributed by atoms with van der Waals surface area (Å²) in [5.41, 5.74) is 0. The molecule has 1 aliphatic rings. The molecule has 19 heavy (non-hydrogen) atoms. The number of methoxy groups -OCH3 is 1. The molecule has 6 heteroatoms. The van der Waals surface area contributed by atoms with Gasteiger partial charge >= 0.3 is 6.03 Å². The van der Waals surface area contributed by atoms with Crippen molar-refractivity contribution in [2.24, 2.45) is 5.92 Å². The number of piperidine rings is 1.